The minimum atomic E-state index is -2.96. The van der Waals surface area contributed by atoms with Gasteiger partial charge in [-0.05, 0) is 6.92 Å². The molecule has 16 heavy (non-hydrogen) atoms. The third kappa shape index (κ3) is 5.00. The van der Waals surface area contributed by atoms with Crippen molar-refractivity contribution in [1.29, 1.82) is 0 Å². The summed E-state index contributed by atoms with van der Waals surface area (Å²) in [7, 11) is -5.92. The highest BCUT2D eigenvalue weighted by molar-refractivity contribution is 7.32. The second-order valence-corrected chi connectivity index (χ2v) is 4.69. The van der Waals surface area contributed by atoms with Gasteiger partial charge in [-0.15, -0.1) is 21.1 Å². The van der Waals surface area contributed by atoms with Crippen molar-refractivity contribution in [3.8, 4) is 0 Å². The molecule has 0 amide bonds. The third-order valence-electron chi connectivity index (χ3n) is 1.23. The first kappa shape index (κ1) is 13.5. The minimum Gasteiger partial charge on any atom is -0.306 e. The smallest absolute Gasteiger partial charge is 0.306 e. The quantitative estimate of drug-likeness (QED) is 0.531. The number of anilines is 1. The molecule has 1 aromatic heterocycles. The van der Waals surface area contributed by atoms with E-state index < -0.39 is 22.9 Å². The number of aryl methyl sites for hydroxylation is 1. The van der Waals surface area contributed by atoms with Crippen LogP contribution in [0.3, 0.4) is 0 Å². The van der Waals surface area contributed by atoms with Gasteiger partial charge < -0.3 is 5.32 Å². The van der Waals surface area contributed by atoms with E-state index in [9.17, 15) is 9.13 Å². The van der Waals surface area contributed by atoms with Gasteiger partial charge in [0.25, 0.3) is 0 Å². The molecule has 0 fully saturated rings. The number of thiazole rings is 1. The van der Waals surface area contributed by atoms with Crippen molar-refractivity contribution >= 4 is 33.0 Å². The zero-order valence-electron chi connectivity index (χ0n) is 7.93. The van der Waals surface area contributed by atoms with E-state index >= 15 is 0 Å². The molecular formula is C5H8N2O6P2S+2. The van der Waals surface area contributed by atoms with E-state index in [1.54, 1.807) is 12.3 Å². The van der Waals surface area contributed by atoms with Crippen LogP contribution in [0.5, 0.6) is 0 Å². The molecule has 11 heteroatoms. The fraction of sp³-hybridized carbons (Fsp3) is 0.400. The van der Waals surface area contributed by atoms with Crippen LogP contribution in [-0.4, -0.2) is 21.2 Å². The summed E-state index contributed by atoms with van der Waals surface area (Å²) in [5.74, 6) is 0. The van der Waals surface area contributed by atoms with E-state index in [4.69, 9.17) is 9.79 Å². The topological polar surface area (TPSA) is 118 Å². The Morgan fingerprint density at radius 2 is 2.00 bits per heavy atom. The highest BCUT2D eigenvalue weighted by atomic mass is 32.1. The van der Waals surface area contributed by atoms with Crippen molar-refractivity contribution in [2.24, 2.45) is 0 Å². The van der Waals surface area contributed by atoms with Crippen LogP contribution in [0.2, 0.25) is 0 Å². The van der Waals surface area contributed by atoms with Gasteiger partial charge in [-0.1, -0.05) is 9.05 Å². The molecule has 88 valence electrons. The molecule has 0 radical (unpaired) electrons. The van der Waals surface area contributed by atoms with Crippen molar-refractivity contribution in [2.45, 2.75) is 13.3 Å². The summed E-state index contributed by atoms with van der Waals surface area (Å²) in [6.45, 7) is 1.75. The molecule has 0 spiro atoms. The van der Waals surface area contributed by atoms with E-state index in [2.05, 4.69) is 19.3 Å². The average Bonchev–Trinajstić information content (AvgIpc) is 2.48. The first-order valence-corrected chi connectivity index (χ1v) is 6.96. The maximum absolute atomic E-state index is 10.4. The third-order valence-corrected chi connectivity index (χ3v) is 2.87. The number of nitrogens with zero attached hydrogens (tertiary/aromatic N) is 1. The number of hydrogen-bond donors (Lipinski definition) is 3. The fourth-order valence-corrected chi connectivity index (χ4v) is 2.04. The van der Waals surface area contributed by atoms with Crippen LogP contribution in [0.25, 0.3) is 0 Å². The maximum Gasteiger partial charge on any atom is 0.699 e. The van der Waals surface area contributed by atoms with Crippen molar-refractivity contribution in [3.63, 3.8) is 0 Å². The van der Waals surface area contributed by atoms with Crippen LogP contribution in [0.15, 0.2) is 5.38 Å². The SMILES string of the molecule is Cc1csc(NC(O[P+](=O)O)O[P+](=O)O)n1. The predicted molar refractivity (Wildman–Crippen MR) is 56.1 cm³/mol. The monoisotopic (exact) mass is 286 g/mol. The Balaban J connectivity index is 2.62. The molecule has 1 heterocycles. The summed E-state index contributed by atoms with van der Waals surface area (Å²) in [6, 6.07) is 0. The first-order chi connectivity index (χ1) is 7.47. The standard InChI is InChI=1S/C5H6N2O6P2S/c1-3-2-16-4(6-3)7-5(12-14(8)9)13-15(10)11/h2,5H,1H3,(H-2,6,7,8,9,10,11)/p+2. The number of nitrogens with one attached hydrogen (secondary N) is 1. The van der Waals surface area contributed by atoms with Crippen LogP contribution in [0.1, 0.15) is 5.69 Å². The Morgan fingerprint density at radius 1 is 1.44 bits per heavy atom. The molecule has 2 atom stereocenters. The van der Waals surface area contributed by atoms with E-state index in [-0.39, 0.29) is 0 Å². The lowest BCUT2D eigenvalue weighted by Gasteiger charge is -2.03. The van der Waals surface area contributed by atoms with Gasteiger partial charge >= 0.3 is 22.9 Å². The molecule has 0 aromatic carbocycles. The normalized spacial score (nSPS) is 14.4. The second kappa shape index (κ2) is 6.27. The van der Waals surface area contributed by atoms with E-state index in [1.165, 1.54) is 11.3 Å². The average molecular weight is 286 g/mol. The molecule has 0 bridgehead atoms. The summed E-state index contributed by atoms with van der Waals surface area (Å²) < 4.78 is 29.5. The largest absolute Gasteiger partial charge is 0.699 e. The summed E-state index contributed by atoms with van der Waals surface area (Å²) in [5.41, 5.74) is 0.730. The highest BCUT2D eigenvalue weighted by Gasteiger charge is 2.33. The lowest BCUT2D eigenvalue weighted by molar-refractivity contribution is 0.0262. The Labute approximate surface area is 96.1 Å². The van der Waals surface area contributed by atoms with Gasteiger partial charge in [0.15, 0.2) is 5.13 Å². The van der Waals surface area contributed by atoms with E-state index in [0.717, 1.165) is 5.69 Å². The number of rotatable bonds is 6. The predicted octanol–water partition coefficient (Wildman–Crippen LogP) is 1.48. The minimum absolute atomic E-state index is 0.344. The van der Waals surface area contributed by atoms with Gasteiger partial charge in [-0.25, -0.2) is 4.98 Å². The zero-order valence-corrected chi connectivity index (χ0v) is 10.5. The second-order valence-electron chi connectivity index (χ2n) is 2.46. The molecule has 3 N–H and O–H groups in total. The summed E-state index contributed by atoms with van der Waals surface area (Å²) in [4.78, 5) is 20.9. The Hall–Kier alpha value is -0.530. The fourth-order valence-electron chi connectivity index (χ4n) is 0.757. The maximum atomic E-state index is 10.4. The zero-order chi connectivity index (χ0) is 12.1. The van der Waals surface area contributed by atoms with Gasteiger partial charge in [-0.2, -0.15) is 0 Å². The Kier molecular flexibility index (Phi) is 5.30. The number of aromatic nitrogens is 1. The van der Waals surface area contributed by atoms with Crippen molar-refractivity contribution in [2.75, 3.05) is 5.32 Å². The van der Waals surface area contributed by atoms with Gasteiger partial charge in [0.1, 0.15) is 0 Å². The van der Waals surface area contributed by atoms with Gasteiger partial charge in [-0.3, -0.25) is 0 Å². The van der Waals surface area contributed by atoms with Gasteiger partial charge in [0.2, 0.25) is 0 Å². The van der Waals surface area contributed by atoms with Crippen LogP contribution < -0.4 is 5.32 Å². The van der Waals surface area contributed by atoms with Crippen LogP contribution >= 0.6 is 27.8 Å². The lowest BCUT2D eigenvalue weighted by atomic mass is 10.6. The lowest BCUT2D eigenvalue weighted by Crippen LogP contribution is -2.21. The van der Waals surface area contributed by atoms with Gasteiger partial charge in [0.05, 0.1) is 5.69 Å². The van der Waals surface area contributed by atoms with Crippen LogP contribution in [0.4, 0.5) is 5.13 Å². The van der Waals surface area contributed by atoms with Crippen LogP contribution in [0, 0.1) is 6.92 Å². The molecule has 2 unspecified atom stereocenters. The van der Waals surface area contributed by atoms with E-state index in [1.807, 2.05) is 0 Å². The molecule has 0 saturated carbocycles. The molecule has 1 aromatic rings. The van der Waals surface area contributed by atoms with Crippen molar-refractivity contribution in [3.05, 3.63) is 11.1 Å². The molecule has 8 nitrogen and oxygen atoms in total. The first-order valence-electron chi connectivity index (χ1n) is 3.82. The molecule has 0 aliphatic carbocycles. The summed E-state index contributed by atoms with van der Waals surface area (Å²) in [6.07, 6.45) is -1.51. The van der Waals surface area contributed by atoms with Crippen LogP contribution in [-0.2, 0) is 18.2 Å². The molecule has 0 saturated heterocycles. The molecule has 0 aliphatic heterocycles. The molecule has 1 rings (SSSR count). The van der Waals surface area contributed by atoms with Gasteiger partial charge in [0, 0.05) is 14.5 Å². The van der Waals surface area contributed by atoms with Crippen molar-refractivity contribution < 1.29 is 28.0 Å². The number of hydrogen-bond acceptors (Lipinski definition) is 7. The van der Waals surface area contributed by atoms with E-state index in [0.29, 0.717) is 5.13 Å². The summed E-state index contributed by atoms with van der Waals surface area (Å²) >= 11 is 1.20. The van der Waals surface area contributed by atoms with Crippen molar-refractivity contribution in [1.82, 2.24) is 4.98 Å². The Bertz CT molecular complexity index is 382. The molecule has 0 aliphatic rings. The Morgan fingerprint density at radius 3 is 2.38 bits per heavy atom. The molecular weight excluding hydrogens is 278 g/mol. The summed E-state index contributed by atoms with van der Waals surface area (Å²) in [5, 5.41) is 4.50. The highest BCUT2D eigenvalue weighted by Crippen LogP contribution is 2.27.